The van der Waals surface area contributed by atoms with Gasteiger partial charge in [0, 0.05) is 6.42 Å². The van der Waals surface area contributed by atoms with Gasteiger partial charge in [0.2, 0.25) is 5.91 Å². The van der Waals surface area contributed by atoms with E-state index in [0.29, 0.717) is 31.1 Å². The monoisotopic (exact) mass is 505 g/mol. The Kier molecular flexibility index (Phi) is 10.5. The van der Waals surface area contributed by atoms with Crippen LogP contribution in [0.3, 0.4) is 0 Å². The van der Waals surface area contributed by atoms with Crippen LogP contribution in [-0.2, 0) is 34.0 Å². The third-order valence-electron chi connectivity index (χ3n) is 5.72. The number of methoxy groups -OCH3 is 1. The summed E-state index contributed by atoms with van der Waals surface area (Å²) in [6.45, 7) is 4.53. The summed E-state index contributed by atoms with van der Waals surface area (Å²) in [5.41, 5.74) is 2.76. The molecule has 0 aliphatic heterocycles. The first-order chi connectivity index (χ1) is 17.9. The lowest BCUT2D eigenvalue weighted by Crippen LogP contribution is -2.47. The van der Waals surface area contributed by atoms with Gasteiger partial charge in [0.25, 0.3) is 0 Å². The van der Waals surface area contributed by atoms with Crippen LogP contribution in [0.15, 0.2) is 78.9 Å². The number of amides is 1. The number of aliphatic hydroxyl groups is 1. The van der Waals surface area contributed by atoms with E-state index in [-0.39, 0.29) is 12.3 Å². The van der Waals surface area contributed by atoms with Crippen LogP contribution in [0.4, 0.5) is 0 Å². The fourth-order valence-corrected chi connectivity index (χ4v) is 3.77. The van der Waals surface area contributed by atoms with E-state index in [1.165, 1.54) is 7.11 Å². The Hall–Kier alpha value is -3.84. The molecule has 0 saturated carbocycles. The highest BCUT2D eigenvalue weighted by molar-refractivity contribution is 5.87. The molecule has 1 amide bonds. The van der Waals surface area contributed by atoms with Crippen molar-refractivity contribution in [3.05, 3.63) is 95.6 Å². The van der Waals surface area contributed by atoms with Crippen LogP contribution >= 0.6 is 0 Å². The van der Waals surface area contributed by atoms with E-state index in [0.717, 1.165) is 16.7 Å². The zero-order chi connectivity index (χ0) is 26.6. The lowest BCUT2D eigenvalue weighted by Gasteiger charge is -2.20. The van der Waals surface area contributed by atoms with E-state index in [1.54, 1.807) is 12.1 Å². The molecule has 3 aromatic carbocycles. The second-order valence-corrected chi connectivity index (χ2v) is 9.26. The standard InChI is InChI=1S/C30H35NO6/c1-21(2)16-26(32)29(33)31-25(30(34)35-3)17-24-14-15-27(36-19-22-10-6-4-7-11-22)28(18-24)37-20-23-12-8-5-9-13-23/h4-15,18,21,25-26,32H,16-17,19-20H2,1-3H3,(H,31,33)/t25-,26-/m0/s1. The Balaban J connectivity index is 1.79. The predicted octanol–water partition coefficient (Wildman–Crippen LogP) is 4.45. The maximum Gasteiger partial charge on any atom is 0.328 e. The Labute approximate surface area is 218 Å². The highest BCUT2D eigenvalue weighted by Crippen LogP contribution is 2.30. The molecule has 0 spiro atoms. The van der Waals surface area contributed by atoms with Gasteiger partial charge in [-0.3, -0.25) is 4.79 Å². The topological polar surface area (TPSA) is 94.1 Å². The SMILES string of the molecule is COC(=O)[C@H](Cc1ccc(OCc2ccccc2)c(OCc2ccccc2)c1)NC(=O)[C@@H](O)CC(C)C. The van der Waals surface area contributed by atoms with Gasteiger partial charge in [0.05, 0.1) is 7.11 Å². The summed E-state index contributed by atoms with van der Waals surface area (Å²) in [7, 11) is 1.26. The van der Waals surface area contributed by atoms with Gasteiger partial charge in [-0.15, -0.1) is 0 Å². The minimum absolute atomic E-state index is 0.130. The van der Waals surface area contributed by atoms with Crippen LogP contribution in [0.25, 0.3) is 0 Å². The van der Waals surface area contributed by atoms with Gasteiger partial charge in [-0.05, 0) is 41.2 Å². The lowest BCUT2D eigenvalue weighted by atomic mass is 10.0. The summed E-state index contributed by atoms with van der Waals surface area (Å²) in [6.07, 6.45) is -0.747. The average molecular weight is 506 g/mol. The zero-order valence-corrected chi connectivity index (χ0v) is 21.6. The average Bonchev–Trinajstić information content (AvgIpc) is 2.91. The maximum absolute atomic E-state index is 12.5. The molecule has 0 radical (unpaired) electrons. The minimum Gasteiger partial charge on any atom is -0.485 e. The second-order valence-electron chi connectivity index (χ2n) is 9.26. The van der Waals surface area contributed by atoms with Crippen molar-refractivity contribution in [2.75, 3.05) is 7.11 Å². The van der Waals surface area contributed by atoms with Crippen LogP contribution < -0.4 is 14.8 Å². The van der Waals surface area contributed by atoms with Crippen LogP contribution in [0.5, 0.6) is 11.5 Å². The van der Waals surface area contributed by atoms with Crippen molar-refractivity contribution >= 4 is 11.9 Å². The summed E-state index contributed by atoms with van der Waals surface area (Å²) in [5.74, 6) is 0.0143. The molecule has 0 fully saturated rings. The summed E-state index contributed by atoms with van der Waals surface area (Å²) >= 11 is 0. The zero-order valence-electron chi connectivity index (χ0n) is 21.6. The van der Waals surface area contributed by atoms with E-state index in [9.17, 15) is 14.7 Å². The van der Waals surface area contributed by atoms with Crippen molar-refractivity contribution in [2.45, 2.75) is 52.0 Å². The fraction of sp³-hybridized carbons (Fsp3) is 0.333. The van der Waals surface area contributed by atoms with Crippen LogP contribution in [-0.4, -0.2) is 36.2 Å². The first kappa shape index (κ1) is 27.7. The highest BCUT2D eigenvalue weighted by atomic mass is 16.5. The Morgan fingerprint density at radius 3 is 1.92 bits per heavy atom. The van der Waals surface area contributed by atoms with E-state index < -0.39 is 24.0 Å². The number of carbonyl (C=O) groups excluding carboxylic acids is 2. The number of ether oxygens (including phenoxy) is 3. The van der Waals surface area contributed by atoms with Crippen LogP contribution in [0.2, 0.25) is 0 Å². The lowest BCUT2D eigenvalue weighted by molar-refractivity contribution is -0.146. The van der Waals surface area contributed by atoms with Crippen molar-refractivity contribution in [1.29, 1.82) is 0 Å². The van der Waals surface area contributed by atoms with E-state index in [4.69, 9.17) is 14.2 Å². The number of hydrogen-bond donors (Lipinski definition) is 2. The Bertz CT molecular complexity index is 1130. The first-order valence-corrected chi connectivity index (χ1v) is 12.4. The molecule has 2 N–H and O–H groups in total. The van der Waals surface area contributed by atoms with Gasteiger partial charge < -0.3 is 24.6 Å². The van der Waals surface area contributed by atoms with Gasteiger partial charge >= 0.3 is 5.97 Å². The first-order valence-electron chi connectivity index (χ1n) is 12.4. The van der Waals surface area contributed by atoms with Gasteiger partial charge in [-0.2, -0.15) is 0 Å². The molecule has 0 saturated heterocycles. The number of nitrogens with one attached hydrogen (secondary N) is 1. The third kappa shape index (κ3) is 8.95. The van der Waals surface area contributed by atoms with Crippen molar-refractivity contribution in [3.63, 3.8) is 0 Å². The number of rotatable bonds is 13. The van der Waals surface area contributed by atoms with Gasteiger partial charge in [0.1, 0.15) is 25.4 Å². The molecule has 0 heterocycles. The molecule has 0 aliphatic carbocycles. The van der Waals surface area contributed by atoms with Gasteiger partial charge in [0.15, 0.2) is 11.5 Å². The molecule has 2 atom stereocenters. The smallest absolute Gasteiger partial charge is 0.328 e. The van der Waals surface area contributed by atoms with E-state index >= 15 is 0 Å². The van der Waals surface area contributed by atoms with Crippen molar-refractivity contribution in [3.8, 4) is 11.5 Å². The maximum atomic E-state index is 12.5. The van der Waals surface area contributed by atoms with Crippen molar-refractivity contribution in [2.24, 2.45) is 5.92 Å². The van der Waals surface area contributed by atoms with Crippen LogP contribution in [0, 0.1) is 5.92 Å². The summed E-state index contributed by atoms with van der Waals surface area (Å²) < 4.78 is 17.1. The fourth-order valence-electron chi connectivity index (χ4n) is 3.77. The molecule has 0 aliphatic rings. The highest BCUT2D eigenvalue weighted by Gasteiger charge is 2.26. The molecule has 3 aromatic rings. The second kappa shape index (κ2) is 14.0. The molecule has 7 nitrogen and oxygen atoms in total. The normalized spacial score (nSPS) is 12.5. The summed E-state index contributed by atoms with van der Waals surface area (Å²) in [6, 6.07) is 24.0. The van der Waals surface area contributed by atoms with E-state index in [2.05, 4.69) is 5.32 Å². The molecule has 37 heavy (non-hydrogen) atoms. The minimum atomic E-state index is -1.20. The molecule has 3 rings (SSSR count). The van der Waals surface area contributed by atoms with Crippen molar-refractivity contribution in [1.82, 2.24) is 5.32 Å². The molecule has 7 heteroatoms. The number of esters is 1. The Morgan fingerprint density at radius 1 is 0.811 bits per heavy atom. The predicted molar refractivity (Wildman–Crippen MR) is 141 cm³/mol. The van der Waals surface area contributed by atoms with Gasteiger partial charge in [-0.25, -0.2) is 4.79 Å². The van der Waals surface area contributed by atoms with E-state index in [1.807, 2.05) is 80.6 Å². The summed E-state index contributed by atoms with van der Waals surface area (Å²) in [5, 5.41) is 12.8. The number of carbonyl (C=O) groups is 2. The number of hydrogen-bond acceptors (Lipinski definition) is 6. The van der Waals surface area contributed by atoms with Gasteiger partial charge in [-0.1, -0.05) is 80.6 Å². The molecular weight excluding hydrogens is 470 g/mol. The number of aliphatic hydroxyl groups excluding tert-OH is 1. The largest absolute Gasteiger partial charge is 0.485 e. The molecule has 0 bridgehead atoms. The molecule has 0 unspecified atom stereocenters. The summed E-state index contributed by atoms with van der Waals surface area (Å²) in [4.78, 5) is 24.9. The molecule has 0 aromatic heterocycles. The van der Waals surface area contributed by atoms with Crippen molar-refractivity contribution < 1.29 is 28.9 Å². The Morgan fingerprint density at radius 2 is 1.38 bits per heavy atom. The number of benzene rings is 3. The third-order valence-corrected chi connectivity index (χ3v) is 5.72. The quantitative estimate of drug-likeness (QED) is 0.333. The van der Waals surface area contributed by atoms with Crippen LogP contribution in [0.1, 0.15) is 37.0 Å². The molecule has 196 valence electrons. The molecular formula is C30H35NO6.